The first-order valence-corrected chi connectivity index (χ1v) is 9.44. The van der Waals surface area contributed by atoms with E-state index < -0.39 is 17.4 Å². The highest BCUT2D eigenvalue weighted by molar-refractivity contribution is 5.79. The van der Waals surface area contributed by atoms with Crippen molar-refractivity contribution in [3.63, 3.8) is 0 Å². The molecule has 1 N–H and O–H groups in total. The Kier molecular flexibility index (Phi) is 6.51. The number of nitrogens with zero attached hydrogens (tertiary/aromatic N) is 1. The maximum absolute atomic E-state index is 12.5. The normalized spacial score (nSPS) is 13.4. The number of carbonyl (C=O) groups is 2. The van der Waals surface area contributed by atoms with E-state index in [0.29, 0.717) is 31.0 Å². The van der Waals surface area contributed by atoms with E-state index in [0.717, 1.165) is 11.6 Å². The second kappa shape index (κ2) is 9.25. The average molecular weight is 414 g/mol. The molecule has 9 nitrogen and oxygen atoms in total. The fourth-order valence-electron chi connectivity index (χ4n) is 3.12. The lowest BCUT2D eigenvalue weighted by Crippen LogP contribution is -2.35. The van der Waals surface area contributed by atoms with E-state index >= 15 is 0 Å². The van der Waals surface area contributed by atoms with Crippen LogP contribution in [-0.2, 0) is 4.79 Å². The van der Waals surface area contributed by atoms with Gasteiger partial charge in [0.25, 0.3) is 5.91 Å². The van der Waals surface area contributed by atoms with E-state index in [1.807, 2.05) is 26.0 Å². The maximum Gasteiger partial charge on any atom is 0.311 e. The Hall–Kier alpha value is -3.62. The quantitative estimate of drug-likeness (QED) is 0.401. The fraction of sp³-hybridized carbons (Fsp3) is 0.333. The molecule has 158 valence electrons. The summed E-state index contributed by atoms with van der Waals surface area (Å²) in [6.07, 6.45) is 0.504. The number of fused-ring (bicyclic) bond motifs is 1. The number of rotatable bonds is 8. The van der Waals surface area contributed by atoms with Crippen molar-refractivity contribution in [1.82, 2.24) is 5.32 Å². The summed E-state index contributed by atoms with van der Waals surface area (Å²) in [5.74, 6) is 0.838. The van der Waals surface area contributed by atoms with Crippen LogP contribution in [0.3, 0.4) is 0 Å². The smallest absolute Gasteiger partial charge is 0.311 e. The highest BCUT2D eigenvalue weighted by Gasteiger charge is 2.23. The third-order valence-corrected chi connectivity index (χ3v) is 4.58. The molecular weight excluding hydrogens is 392 g/mol. The van der Waals surface area contributed by atoms with Gasteiger partial charge < -0.3 is 19.5 Å². The molecule has 1 aliphatic rings. The molecule has 0 saturated heterocycles. The maximum atomic E-state index is 12.5. The van der Waals surface area contributed by atoms with Crippen molar-refractivity contribution < 1.29 is 28.7 Å². The third kappa shape index (κ3) is 4.86. The molecule has 0 unspecified atom stereocenters. The number of nitro benzene ring substituents is 1. The molecule has 0 aliphatic carbocycles. The summed E-state index contributed by atoms with van der Waals surface area (Å²) < 4.78 is 16.5. The Labute approximate surface area is 173 Å². The lowest BCUT2D eigenvalue weighted by atomic mass is 9.95. The summed E-state index contributed by atoms with van der Waals surface area (Å²) in [5, 5.41) is 14.1. The van der Waals surface area contributed by atoms with Crippen LogP contribution in [0.4, 0.5) is 5.69 Å². The van der Waals surface area contributed by atoms with Gasteiger partial charge in [-0.25, -0.2) is 0 Å². The molecule has 2 aromatic carbocycles. The Bertz CT molecular complexity index is 958. The summed E-state index contributed by atoms with van der Waals surface area (Å²) in [6.45, 7) is 4.48. The van der Waals surface area contributed by atoms with E-state index in [4.69, 9.17) is 14.2 Å². The Morgan fingerprint density at radius 3 is 2.60 bits per heavy atom. The van der Waals surface area contributed by atoms with Crippen LogP contribution in [0.2, 0.25) is 0 Å². The van der Waals surface area contributed by atoms with Crippen molar-refractivity contribution in [2.24, 2.45) is 5.92 Å². The van der Waals surface area contributed by atoms with Crippen LogP contribution in [0, 0.1) is 16.0 Å². The van der Waals surface area contributed by atoms with Crippen LogP contribution in [0.25, 0.3) is 0 Å². The fourth-order valence-corrected chi connectivity index (χ4v) is 3.12. The minimum Gasteiger partial charge on any atom is -0.486 e. The number of amides is 1. The molecule has 9 heteroatoms. The molecule has 3 rings (SSSR count). The van der Waals surface area contributed by atoms with Gasteiger partial charge in [0.05, 0.1) is 11.0 Å². The number of hydrogen-bond donors (Lipinski definition) is 1. The molecule has 0 fully saturated rings. The van der Waals surface area contributed by atoms with Gasteiger partial charge in [0, 0.05) is 11.6 Å². The van der Waals surface area contributed by atoms with Crippen molar-refractivity contribution >= 4 is 17.9 Å². The Morgan fingerprint density at radius 2 is 1.93 bits per heavy atom. The zero-order valence-electron chi connectivity index (χ0n) is 16.6. The standard InChI is InChI=1S/C21H22N2O7/c1-13(2)21(15-4-6-18-19(10-15)29-8-7-28-18)22-20(25)12-30-17-5-3-14(11-24)9-16(17)23(26)27/h3-6,9-11,13,21H,7-8,12H2,1-2H3,(H,22,25)/t21-/m0/s1. The summed E-state index contributed by atoms with van der Waals surface area (Å²) >= 11 is 0. The number of benzene rings is 2. The van der Waals surface area contributed by atoms with Gasteiger partial charge in [-0.2, -0.15) is 0 Å². The van der Waals surface area contributed by atoms with Gasteiger partial charge in [-0.15, -0.1) is 0 Å². The van der Waals surface area contributed by atoms with E-state index in [-0.39, 0.29) is 29.0 Å². The first-order chi connectivity index (χ1) is 14.4. The van der Waals surface area contributed by atoms with Gasteiger partial charge in [-0.3, -0.25) is 19.7 Å². The zero-order valence-corrected chi connectivity index (χ0v) is 16.6. The SMILES string of the molecule is CC(C)[C@H](NC(=O)COc1ccc(C=O)cc1[N+](=O)[O-])c1ccc2c(c1)OCCO2. The van der Waals surface area contributed by atoms with Crippen molar-refractivity contribution in [3.8, 4) is 17.2 Å². The highest BCUT2D eigenvalue weighted by Crippen LogP contribution is 2.34. The number of nitrogens with one attached hydrogen (secondary N) is 1. The molecule has 1 amide bonds. The van der Waals surface area contributed by atoms with Crippen LogP contribution in [-0.4, -0.2) is 36.9 Å². The van der Waals surface area contributed by atoms with E-state index in [1.54, 1.807) is 6.07 Å². The highest BCUT2D eigenvalue weighted by atomic mass is 16.6. The van der Waals surface area contributed by atoms with Crippen LogP contribution >= 0.6 is 0 Å². The van der Waals surface area contributed by atoms with Crippen LogP contribution in [0.15, 0.2) is 36.4 Å². The number of hydrogen-bond acceptors (Lipinski definition) is 7. The Balaban J connectivity index is 1.69. The van der Waals surface area contributed by atoms with Crippen molar-refractivity contribution in [3.05, 3.63) is 57.6 Å². The van der Waals surface area contributed by atoms with Crippen molar-refractivity contribution in [2.45, 2.75) is 19.9 Å². The molecule has 0 spiro atoms. The zero-order chi connectivity index (χ0) is 21.7. The molecule has 0 saturated carbocycles. The lowest BCUT2D eigenvalue weighted by Gasteiger charge is -2.25. The van der Waals surface area contributed by atoms with Crippen LogP contribution < -0.4 is 19.5 Å². The topological polar surface area (TPSA) is 117 Å². The average Bonchev–Trinajstić information content (AvgIpc) is 2.75. The predicted octanol–water partition coefficient (Wildman–Crippen LogP) is 3.07. The molecule has 0 bridgehead atoms. The molecule has 1 heterocycles. The molecule has 1 atom stereocenters. The number of nitro groups is 1. The van der Waals surface area contributed by atoms with Gasteiger partial charge in [0.1, 0.15) is 19.5 Å². The second-order valence-corrected chi connectivity index (χ2v) is 7.08. The first kappa shape index (κ1) is 21.1. The van der Waals surface area contributed by atoms with E-state index in [2.05, 4.69) is 5.32 Å². The monoisotopic (exact) mass is 414 g/mol. The van der Waals surface area contributed by atoms with Crippen molar-refractivity contribution in [2.75, 3.05) is 19.8 Å². The van der Waals surface area contributed by atoms with Gasteiger partial charge in [0.15, 0.2) is 23.9 Å². The second-order valence-electron chi connectivity index (χ2n) is 7.08. The molecule has 30 heavy (non-hydrogen) atoms. The third-order valence-electron chi connectivity index (χ3n) is 4.58. The van der Waals surface area contributed by atoms with Gasteiger partial charge in [-0.05, 0) is 35.7 Å². The minimum atomic E-state index is -0.660. The summed E-state index contributed by atoms with van der Waals surface area (Å²) in [7, 11) is 0. The lowest BCUT2D eigenvalue weighted by molar-refractivity contribution is -0.385. The van der Waals surface area contributed by atoms with Gasteiger partial charge >= 0.3 is 5.69 Å². The van der Waals surface area contributed by atoms with Crippen LogP contribution in [0.1, 0.15) is 35.8 Å². The molecule has 1 aliphatic heterocycles. The van der Waals surface area contributed by atoms with Gasteiger partial charge in [0.2, 0.25) is 0 Å². The van der Waals surface area contributed by atoms with Gasteiger partial charge in [-0.1, -0.05) is 19.9 Å². The molecule has 0 aromatic heterocycles. The first-order valence-electron chi connectivity index (χ1n) is 9.44. The van der Waals surface area contributed by atoms with Crippen molar-refractivity contribution in [1.29, 1.82) is 0 Å². The number of carbonyl (C=O) groups excluding carboxylic acids is 2. The summed E-state index contributed by atoms with van der Waals surface area (Å²) in [5.41, 5.74) is 0.626. The predicted molar refractivity (Wildman–Crippen MR) is 107 cm³/mol. The largest absolute Gasteiger partial charge is 0.486 e. The number of aldehydes is 1. The summed E-state index contributed by atoms with van der Waals surface area (Å²) in [6, 6.07) is 8.98. The molecule has 0 radical (unpaired) electrons. The molecular formula is C21H22N2O7. The van der Waals surface area contributed by atoms with Crippen LogP contribution in [0.5, 0.6) is 17.2 Å². The van der Waals surface area contributed by atoms with E-state index in [9.17, 15) is 19.7 Å². The Morgan fingerprint density at radius 1 is 1.20 bits per heavy atom. The van der Waals surface area contributed by atoms with E-state index in [1.165, 1.54) is 12.1 Å². The minimum absolute atomic E-state index is 0.0673. The molecule has 2 aromatic rings. The number of ether oxygens (including phenoxy) is 3. The summed E-state index contributed by atoms with van der Waals surface area (Å²) in [4.78, 5) is 33.8.